The Balaban J connectivity index is 2.58. The molecule has 0 bridgehead atoms. The lowest BCUT2D eigenvalue weighted by atomic mass is 10.2. The maximum Gasteiger partial charge on any atom is 0.416 e. The summed E-state index contributed by atoms with van der Waals surface area (Å²) < 4.78 is 51.6. The Morgan fingerprint density at radius 2 is 1.83 bits per heavy atom. The lowest BCUT2D eigenvalue weighted by molar-refractivity contribution is -0.137. The number of carbonyl (C=O) groups excluding carboxylic acids is 1. The zero-order valence-electron chi connectivity index (χ0n) is 12.4. The molecule has 0 radical (unpaired) electrons. The van der Waals surface area contributed by atoms with Gasteiger partial charge in [-0.05, 0) is 29.5 Å². The second kappa shape index (κ2) is 6.64. The zero-order chi connectivity index (χ0) is 18.4. The van der Waals surface area contributed by atoms with Gasteiger partial charge in [-0.1, -0.05) is 23.2 Å². The highest BCUT2D eigenvalue weighted by atomic mass is 35.5. The molecule has 132 valence electrons. The Labute approximate surface area is 149 Å². The summed E-state index contributed by atoms with van der Waals surface area (Å²) in [5, 5.41) is 0.407. The van der Waals surface area contributed by atoms with Gasteiger partial charge in [-0.3, -0.25) is 4.79 Å². The topological polar surface area (TPSA) is 72.6 Å². The van der Waals surface area contributed by atoms with Gasteiger partial charge in [0.2, 0.25) is 0 Å². The fourth-order valence-electron chi connectivity index (χ4n) is 2.24. The van der Waals surface area contributed by atoms with E-state index in [-0.39, 0.29) is 27.3 Å². The van der Waals surface area contributed by atoms with Gasteiger partial charge in [0.1, 0.15) is 17.8 Å². The lowest BCUT2D eigenvalue weighted by Crippen LogP contribution is -2.49. The molecular formula is C13H12Cl2F3N3O2S. The minimum Gasteiger partial charge on any atom is -0.597 e. The van der Waals surface area contributed by atoms with E-state index in [0.717, 1.165) is 9.42 Å². The first-order valence-electron chi connectivity index (χ1n) is 6.42. The maximum atomic E-state index is 12.8. The molecule has 0 fully saturated rings. The number of nitrogens with two attached hydrogens (primary N) is 1. The largest absolute Gasteiger partial charge is 0.597 e. The predicted octanol–water partition coefficient (Wildman–Crippen LogP) is 3.10. The SMILES string of the molecule is CC(=O)C1C=C(N)N(c2c(Cl)cc(C(F)(F)F)cc2Cl)N1[S+](C)[O-]. The minimum absolute atomic E-state index is 0.0195. The molecule has 0 aliphatic carbocycles. The predicted molar refractivity (Wildman–Crippen MR) is 86.6 cm³/mol. The van der Waals surface area contributed by atoms with Crippen LogP contribution in [0.25, 0.3) is 0 Å². The molecule has 24 heavy (non-hydrogen) atoms. The molecule has 1 aliphatic heterocycles. The van der Waals surface area contributed by atoms with Crippen molar-refractivity contribution in [2.45, 2.75) is 19.1 Å². The van der Waals surface area contributed by atoms with Crippen molar-refractivity contribution in [2.75, 3.05) is 11.3 Å². The Morgan fingerprint density at radius 1 is 1.33 bits per heavy atom. The van der Waals surface area contributed by atoms with Gasteiger partial charge in [-0.25, -0.2) is 5.01 Å². The summed E-state index contributed by atoms with van der Waals surface area (Å²) in [6.07, 6.45) is -2.01. The van der Waals surface area contributed by atoms with E-state index in [0.29, 0.717) is 12.1 Å². The third-order valence-corrected chi connectivity index (χ3v) is 4.74. The van der Waals surface area contributed by atoms with E-state index in [2.05, 4.69) is 0 Å². The molecule has 11 heteroatoms. The van der Waals surface area contributed by atoms with Crippen LogP contribution in [-0.4, -0.2) is 27.0 Å². The minimum atomic E-state index is -4.63. The molecular weight excluding hydrogens is 390 g/mol. The second-order valence-corrected chi connectivity index (χ2v) is 7.01. The number of carbonyl (C=O) groups is 1. The number of anilines is 1. The van der Waals surface area contributed by atoms with Crippen LogP contribution in [0, 0.1) is 0 Å². The summed E-state index contributed by atoms with van der Waals surface area (Å²) in [7, 11) is 0. The van der Waals surface area contributed by atoms with Gasteiger partial charge in [0, 0.05) is 0 Å². The van der Waals surface area contributed by atoms with Gasteiger partial charge in [0.15, 0.2) is 11.8 Å². The molecule has 0 spiro atoms. The van der Waals surface area contributed by atoms with Crippen molar-refractivity contribution in [3.05, 3.63) is 39.6 Å². The van der Waals surface area contributed by atoms with E-state index in [1.165, 1.54) is 19.3 Å². The first kappa shape index (κ1) is 19.2. The van der Waals surface area contributed by atoms with Crippen molar-refractivity contribution in [2.24, 2.45) is 5.73 Å². The molecule has 1 aliphatic rings. The summed E-state index contributed by atoms with van der Waals surface area (Å²) in [5.74, 6) is -0.372. The van der Waals surface area contributed by atoms with E-state index in [9.17, 15) is 22.5 Å². The lowest BCUT2D eigenvalue weighted by Gasteiger charge is -2.32. The quantitative estimate of drug-likeness (QED) is 0.787. The maximum absolute atomic E-state index is 12.8. The number of halogens is 5. The first-order chi connectivity index (χ1) is 10.9. The van der Waals surface area contributed by atoms with Gasteiger partial charge in [0.25, 0.3) is 0 Å². The van der Waals surface area contributed by atoms with E-state index >= 15 is 0 Å². The first-order valence-corrected chi connectivity index (χ1v) is 8.69. The van der Waals surface area contributed by atoms with Crippen LogP contribution in [0.3, 0.4) is 0 Å². The molecule has 0 saturated heterocycles. The Kier molecular flexibility index (Phi) is 5.31. The molecule has 1 aromatic rings. The number of alkyl halides is 3. The zero-order valence-corrected chi connectivity index (χ0v) is 14.7. The van der Waals surface area contributed by atoms with Gasteiger partial charge < -0.3 is 10.3 Å². The third-order valence-electron chi connectivity index (χ3n) is 3.24. The molecule has 1 heterocycles. The third kappa shape index (κ3) is 3.45. The fraction of sp³-hybridized carbons (Fsp3) is 0.308. The number of hydrazine groups is 1. The Bertz CT molecular complexity index is 689. The van der Waals surface area contributed by atoms with Crippen LogP contribution >= 0.6 is 23.2 Å². The number of ketones is 1. The Hall–Kier alpha value is -1.13. The van der Waals surface area contributed by atoms with E-state index < -0.39 is 29.1 Å². The number of Topliss-reactive ketones (excluding diaryl/α,β-unsaturated/α-hetero) is 1. The number of benzene rings is 1. The molecule has 2 N–H and O–H groups in total. The van der Waals surface area contributed by atoms with Gasteiger partial charge in [0.05, 0.1) is 27.0 Å². The van der Waals surface area contributed by atoms with Gasteiger partial charge in [-0.15, -0.1) is 0 Å². The van der Waals surface area contributed by atoms with Crippen molar-refractivity contribution in [1.29, 1.82) is 0 Å². The molecule has 0 saturated carbocycles. The van der Waals surface area contributed by atoms with Crippen LogP contribution < -0.4 is 10.7 Å². The molecule has 0 amide bonds. The van der Waals surface area contributed by atoms with Crippen molar-refractivity contribution in [1.82, 2.24) is 4.41 Å². The van der Waals surface area contributed by atoms with Gasteiger partial charge >= 0.3 is 6.18 Å². The second-order valence-electron chi connectivity index (χ2n) is 4.97. The summed E-state index contributed by atoms with van der Waals surface area (Å²) in [4.78, 5) is 11.7. The van der Waals surface area contributed by atoms with Crippen LogP contribution in [-0.2, 0) is 22.3 Å². The summed E-state index contributed by atoms with van der Waals surface area (Å²) in [6.45, 7) is 1.27. The van der Waals surface area contributed by atoms with Crippen LogP contribution in [0.15, 0.2) is 24.0 Å². The normalized spacial score (nSPS) is 20.2. The molecule has 2 rings (SSSR count). The van der Waals surface area contributed by atoms with E-state index in [1.807, 2.05) is 0 Å². The Morgan fingerprint density at radius 3 is 2.21 bits per heavy atom. The number of nitrogens with zero attached hydrogens (tertiary/aromatic N) is 2. The van der Waals surface area contributed by atoms with Gasteiger partial charge in [-0.2, -0.15) is 13.2 Å². The van der Waals surface area contributed by atoms with Crippen molar-refractivity contribution in [3.63, 3.8) is 0 Å². The van der Waals surface area contributed by atoms with Crippen molar-refractivity contribution in [3.8, 4) is 0 Å². The molecule has 0 aromatic heterocycles. The van der Waals surface area contributed by atoms with Crippen molar-refractivity contribution >= 4 is 46.0 Å². The summed E-state index contributed by atoms with van der Waals surface area (Å²) in [6, 6.07) is 0.437. The molecule has 2 unspecified atom stereocenters. The average molecular weight is 402 g/mol. The van der Waals surface area contributed by atoms with E-state index in [1.54, 1.807) is 0 Å². The summed E-state index contributed by atoms with van der Waals surface area (Å²) in [5.41, 5.74) is 4.73. The van der Waals surface area contributed by atoms with Crippen LogP contribution in [0.4, 0.5) is 18.9 Å². The highest BCUT2D eigenvalue weighted by Gasteiger charge is 2.43. The van der Waals surface area contributed by atoms with E-state index in [4.69, 9.17) is 28.9 Å². The highest BCUT2D eigenvalue weighted by molar-refractivity contribution is 7.88. The van der Waals surface area contributed by atoms with Crippen LogP contribution in [0.1, 0.15) is 12.5 Å². The number of hydrogen-bond acceptors (Lipinski definition) is 5. The standard InChI is InChI=1S/C13H12Cl2F3N3O2S/c1-6(22)10-5-11(19)20(21(10)24(2)23)12-8(14)3-7(4-9(12)15)13(16,17)18/h3-5,10H,19H2,1-2H3. The van der Waals surface area contributed by atoms with Crippen molar-refractivity contribution < 1.29 is 22.5 Å². The molecule has 1 aromatic carbocycles. The average Bonchev–Trinajstić information content (AvgIpc) is 2.75. The van der Waals surface area contributed by atoms with Crippen LogP contribution in [0.5, 0.6) is 0 Å². The monoisotopic (exact) mass is 401 g/mol. The smallest absolute Gasteiger partial charge is 0.416 e. The molecule has 2 atom stereocenters. The van der Waals surface area contributed by atoms with Crippen LogP contribution in [0.2, 0.25) is 10.0 Å². The number of rotatable bonds is 3. The molecule has 5 nitrogen and oxygen atoms in total. The number of hydrogen-bond donors (Lipinski definition) is 1. The summed E-state index contributed by atoms with van der Waals surface area (Å²) >= 11 is 10.2. The highest BCUT2D eigenvalue weighted by Crippen LogP contribution is 2.43. The fourth-order valence-corrected chi connectivity index (χ4v) is 3.82.